The van der Waals surface area contributed by atoms with E-state index in [2.05, 4.69) is 50.0 Å². The standard InChI is InChI=1S/C25H26N2O5S2/c1-25(2,3)11-6-4-10(5-7-11)15-16-12-8-13(19(16)33-21-20(15)34-24(32)26-21)18-17(12)22(30)27(23(18)31)9-14(28)29/h4-7,12-13,15-19H,8-9H2,1-3H3,(H,26,32)(H,28,29)/t12-,13+,15+,16+,17+,18+,19-/m1/s1. The average molecular weight is 499 g/mol. The second kappa shape index (κ2) is 7.31. The maximum atomic E-state index is 13.2. The van der Waals surface area contributed by atoms with Gasteiger partial charge in [0.15, 0.2) is 0 Å². The molecule has 0 radical (unpaired) electrons. The summed E-state index contributed by atoms with van der Waals surface area (Å²) >= 11 is 2.88. The van der Waals surface area contributed by atoms with Gasteiger partial charge < -0.3 is 10.1 Å². The van der Waals surface area contributed by atoms with Crippen molar-refractivity contribution in [3.05, 3.63) is 49.9 Å². The number of hydrogen-bond acceptors (Lipinski definition) is 6. The number of amides is 2. The van der Waals surface area contributed by atoms with Crippen LogP contribution in [-0.4, -0.2) is 44.6 Å². The number of fused-ring (bicyclic) bond motifs is 9. The lowest BCUT2D eigenvalue weighted by molar-refractivity contribution is -0.149. The number of aromatic amines is 1. The highest BCUT2D eigenvalue weighted by Gasteiger charge is 2.69. The number of aliphatic carboxylic acids is 1. The Morgan fingerprint density at radius 3 is 2.35 bits per heavy atom. The summed E-state index contributed by atoms with van der Waals surface area (Å²) in [6.07, 6.45) is 0.797. The number of thioether (sulfide) groups is 1. The number of likely N-dealkylation sites (tertiary alicyclic amines) is 1. The quantitative estimate of drug-likeness (QED) is 0.629. The van der Waals surface area contributed by atoms with Crippen LogP contribution in [0, 0.1) is 29.6 Å². The minimum absolute atomic E-state index is 0.000361. The minimum Gasteiger partial charge on any atom is -0.480 e. The number of benzene rings is 1. The summed E-state index contributed by atoms with van der Waals surface area (Å²) < 4.78 is 0. The Kier molecular flexibility index (Phi) is 4.75. The second-order valence-corrected chi connectivity index (χ2v) is 13.2. The zero-order chi connectivity index (χ0) is 24.1. The van der Waals surface area contributed by atoms with Crippen LogP contribution in [0.5, 0.6) is 0 Å². The fourth-order valence-corrected chi connectivity index (χ4v) is 9.82. The number of hydrogen-bond donors (Lipinski definition) is 2. The van der Waals surface area contributed by atoms with Crippen LogP contribution in [0.4, 0.5) is 0 Å². The summed E-state index contributed by atoms with van der Waals surface area (Å²) in [5, 5.41) is 10.2. The third kappa shape index (κ3) is 3.02. The molecule has 1 saturated heterocycles. The number of nitrogens with zero attached hydrogens (tertiary/aromatic N) is 1. The highest BCUT2D eigenvalue weighted by Crippen LogP contribution is 2.68. The molecule has 1 aromatic heterocycles. The maximum absolute atomic E-state index is 13.2. The molecule has 3 fully saturated rings. The van der Waals surface area contributed by atoms with Crippen molar-refractivity contribution in [2.75, 3.05) is 6.54 Å². The smallest absolute Gasteiger partial charge is 0.323 e. The van der Waals surface area contributed by atoms with Gasteiger partial charge in [0.2, 0.25) is 11.8 Å². The van der Waals surface area contributed by atoms with Gasteiger partial charge in [-0.3, -0.25) is 24.1 Å². The molecule has 7 atom stereocenters. The monoisotopic (exact) mass is 498 g/mol. The van der Waals surface area contributed by atoms with Crippen LogP contribution in [-0.2, 0) is 19.8 Å². The topological polar surface area (TPSA) is 108 Å². The van der Waals surface area contributed by atoms with Crippen molar-refractivity contribution < 1.29 is 19.5 Å². The highest BCUT2D eigenvalue weighted by atomic mass is 32.2. The van der Waals surface area contributed by atoms with Gasteiger partial charge in [-0.05, 0) is 40.7 Å². The first-order valence-electron chi connectivity index (χ1n) is 11.6. The largest absolute Gasteiger partial charge is 0.480 e. The molecular weight excluding hydrogens is 472 g/mol. The van der Waals surface area contributed by atoms with E-state index in [1.54, 1.807) is 11.8 Å². The Labute approximate surface area is 204 Å². The number of carbonyl (C=O) groups excluding carboxylic acids is 2. The van der Waals surface area contributed by atoms with Crippen LogP contribution in [0.3, 0.4) is 0 Å². The molecule has 6 rings (SSSR count). The van der Waals surface area contributed by atoms with Gasteiger partial charge >= 0.3 is 10.8 Å². The van der Waals surface area contributed by atoms with Crippen LogP contribution in [0.2, 0.25) is 0 Å². The molecule has 2 aliphatic carbocycles. The third-order valence-electron chi connectivity index (χ3n) is 8.24. The first kappa shape index (κ1) is 22.1. The number of thiazole rings is 1. The Balaban J connectivity index is 1.43. The predicted octanol–water partition coefficient (Wildman–Crippen LogP) is 3.29. The predicted molar refractivity (Wildman–Crippen MR) is 128 cm³/mol. The van der Waals surface area contributed by atoms with E-state index >= 15 is 0 Å². The van der Waals surface area contributed by atoms with Crippen LogP contribution in [0.15, 0.2) is 34.1 Å². The summed E-state index contributed by atoms with van der Waals surface area (Å²) in [5.41, 5.74) is 2.38. The van der Waals surface area contributed by atoms with Gasteiger partial charge in [0.1, 0.15) is 6.54 Å². The van der Waals surface area contributed by atoms with Gasteiger partial charge in [0.05, 0.1) is 16.9 Å². The number of carboxylic acids is 1. The number of rotatable bonds is 3. The minimum atomic E-state index is -1.17. The summed E-state index contributed by atoms with van der Waals surface area (Å²) in [5.74, 6) is -2.62. The number of H-pyrrole nitrogens is 1. The fraction of sp³-hybridized carbons (Fsp3) is 0.520. The highest BCUT2D eigenvalue weighted by molar-refractivity contribution is 8.00. The van der Waals surface area contributed by atoms with Gasteiger partial charge in [0, 0.05) is 16.0 Å². The van der Waals surface area contributed by atoms with E-state index in [9.17, 15) is 24.3 Å². The number of carbonyl (C=O) groups is 3. The van der Waals surface area contributed by atoms with Crippen LogP contribution in [0.25, 0.3) is 0 Å². The summed E-state index contributed by atoms with van der Waals surface area (Å²) in [4.78, 5) is 54.9. The van der Waals surface area contributed by atoms with E-state index in [0.29, 0.717) is 0 Å². The Bertz CT molecular complexity index is 1270. The number of carboxylic acid groups (broad SMARTS) is 1. The second-order valence-electron chi connectivity index (χ2n) is 11.0. The summed E-state index contributed by atoms with van der Waals surface area (Å²) in [7, 11) is 0. The van der Waals surface area contributed by atoms with Crippen LogP contribution < -0.4 is 4.87 Å². The summed E-state index contributed by atoms with van der Waals surface area (Å²) in [6, 6.07) is 8.59. The lowest BCUT2D eigenvalue weighted by Gasteiger charge is -2.43. The first-order chi connectivity index (χ1) is 16.1. The van der Waals surface area contributed by atoms with E-state index in [-0.39, 0.29) is 51.0 Å². The molecule has 178 valence electrons. The van der Waals surface area contributed by atoms with Crippen LogP contribution >= 0.6 is 23.1 Å². The number of aromatic nitrogens is 1. The van der Waals surface area contributed by atoms with E-state index in [1.165, 1.54) is 16.9 Å². The van der Waals surface area contributed by atoms with Crippen molar-refractivity contribution >= 4 is 40.9 Å². The first-order valence-corrected chi connectivity index (χ1v) is 13.3. The molecule has 3 heterocycles. The molecule has 4 aliphatic rings. The average Bonchev–Trinajstić information content (AvgIpc) is 3.48. The van der Waals surface area contributed by atoms with Gasteiger partial charge in [-0.15, -0.1) is 11.8 Å². The molecule has 0 spiro atoms. The molecule has 7 nitrogen and oxygen atoms in total. The molecule has 2 saturated carbocycles. The van der Waals surface area contributed by atoms with E-state index in [0.717, 1.165) is 26.8 Å². The fourth-order valence-electron chi connectivity index (χ4n) is 6.93. The van der Waals surface area contributed by atoms with Crippen molar-refractivity contribution in [2.45, 2.75) is 48.8 Å². The van der Waals surface area contributed by atoms with Crippen molar-refractivity contribution in [1.29, 1.82) is 0 Å². The zero-order valence-electron chi connectivity index (χ0n) is 19.1. The SMILES string of the molecule is CC(C)(C)c1ccc([C@@H]2c3sc(=O)[nH]c3S[C@@H]3[C@H]4C[C@@H]([C@@H]5C(=O)N(CC(=O)O)C(=O)[C@@H]45)[C@@H]23)cc1. The molecule has 2 aromatic rings. The molecule has 34 heavy (non-hydrogen) atoms. The number of imide groups is 1. The van der Waals surface area contributed by atoms with Crippen molar-refractivity contribution in [3.8, 4) is 0 Å². The molecule has 2 aliphatic heterocycles. The van der Waals surface area contributed by atoms with E-state index in [4.69, 9.17) is 0 Å². The molecule has 9 heteroatoms. The number of nitrogens with one attached hydrogen (secondary N) is 1. The lowest BCUT2D eigenvalue weighted by atomic mass is 9.68. The third-order valence-corrected chi connectivity index (χ3v) is 10.8. The normalized spacial score (nSPS) is 33.7. The zero-order valence-corrected chi connectivity index (χ0v) is 20.7. The van der Waals surface area contributed by atoms with Crippen LogP contribution in [0.1, 0.15) is 49.1 Å². The van der Waals surface area contributed by atoms with Gasteiger partial charge in [-0.2, -0.15) is 0 Å². The van der Waals surface area contributed by atoms with Gasteiger partial charge in [-0.25, -0.2) is 0 Å². The molecule has 1 aromatic carbocycles. The molecule has 2 N–H and O–H groups in total. The summed E-state index contributed by atoms with van der Waals surface area (Å²) in [6.45, 7) is 5.96. The van der Waals surface area contributed by atoms with Crippen molar-refractivity contribution in [2.24, 2.45) is 29.6 Å². The van der Waals surface area contributed by atoms with E-state index < -0.39 is 24.3 Å². The Morgan fingerprint density at radius 2 is 1.74 bits per heavy atom. The van der Waals surface area contributed by atoms with Gasteiger partial charge in [-0.1, -0.05) is 56.4 Å². The van der Waals surface area contributed by atoms with Gasteiger partial charge in [0.25, 0.3) is 0 Å². The Morgan fingerprint density at radius 1 is 1.09 bits per heavy atom. The van der Waals surface area contributed by atoms with Crippen molar-refractivity contribution in [1.82, 2.24) is 9.88 Å². The molecule has 2 bridgehead atoms. The molecule has 2 amide bonds. The maximum Gasteiger partial charge on any atom is 0.323 e. The lowest BCUT2D eigenvalue weighted by Crippen LogP contribution is -2.42. The van der Waals surface area contributed by atoms with E-state index in [1.807, 2.05) is 0 Å². The molecule has 0 unspecified atom stereocenters. The van der Waals surface area contributed by atoms with Crippen molar-refractivity contribution in [3.63, 3.8) is 0 Å². The molecular formula is C25H26N2O5S2. The Hall–Kier alpha value is -2.39.